The van der Waals surface area contributed by atoms with Crippen LogP contribution in [0.2, 0.25) is 0 Å². The second kappa shape index (κ2) is 46.3. The molecule has 3 aromatic carbocycles. The Morgan fingerprint density at radius 2 is 0.909 bits per heavy atom. The average Bonchev–Trinajstić information content (AvgIpc) is 1.72. The Labute approximate surface area is 694 Å². The number of aromatic nitrogens is 2. The van der Waals surface area contributed by atoms with Gasteiger partial charge in [-0.1, -0.05) is 74.9 Å². The number of nitrogens with one attached hydrogen (secondary N) is 2. The van der Waals surface area contributed by atoms with Crippen LogP contribution in [-0.2, 0) is 44.9 Å². The van der Waals surface area contributed by atoms with E-state index in [1.807, 2.05) is 0 Å². The van der Waals surface area contributed by atoms with E-state index in [1.54, 1.807) is 44.2 Å². The molecule has 656 valence electrons. The third kappa shape index (κ3) is 29.4. The fourth-order valence-electron chi connectivity index (χ4n) is 13.1. The zero-order chi connectivity index (χ0) is 88.7. The lowest BCUT2D eigenvalue weighted by Gasteiger charge is -2.27. The average molecular weight is 1690 g/mol. The molecule has 0 radical (unpaired) electrons. The number of carbonyl (C=O) groups is 4. The number of hydrogen-bond donors (Lipinski definition) is 22. The van der Waals surface area contributed by atoms with Crippen LogP contribution in [0, 0.1) is 11.3 Å². The van der Waals surface area contributed by atoms with E-state index in [0.29, 0.717) is 28.8 Å². The van der Waals surface area contributed by atoms with Crippen molar-refractivity contribution < 1.29 is 116 Å². The number of aliphatic hydroxyl groups is 15. The quantitative estimate of drug-likeness (QED) is 0.0229. The molecular formula is C79H107N19O23. The molecule has 0 saturated carbocycles. The number of aliphatic carboxylic acids is 2. The number of fused-ring (bicyclic) bond motifs is 2. The van der Waals surface area contributed by atoms with Gasteiger partial charge in [0, 0.05) is 57.1 Å². The van der Waals surface area contributed by atoms with Gasteiger partial charge < -0.3 is 118 Å². The van der Waals surface area contributed by atoms with E-state index in [2.05, 4.69) is 74.9 Å². The highest BCUT2D eigenvalue weighted by molar-refractivity contribution is 5.98. The number of imidazole rings is 1. The number of hydrogen-bond acceptors (Lipinski definition) is 23. The van der Waals surface area contributed by atoms with Gasteiger partial charge in [0.05, 0.1) is 25.3 Å². The first-order valence-electron chi connectivity index (χ1n) is 39.2. The molecule has 23 N–H and O–H groups in total. The lowest BCUT2D eigenvalue weighted by Crippen LogP contribution is -2.47. The summed E-state index contributed by atoms with van der Waals surface area (Å²) < 4.78 is 0. The molecule has 3 aliphatic heterocycles. The first-order valence-corrected chi connectivity index (χ1v) is 39.2. The molecule has 121 heavy (non-hydrogen) atoms. The fraction of sp³-hybridized carbons (Fsp3) is 0.506. The molecule has 2 fully saturated rings. The molecule has 42 nitrogen and oxygen atoms in total. The number of nitrogens with two attached hydrogens (primary N) is 1. The minimum Gasteiger partial charge on any atom is -0.508 e. The number of aromatic amines is 1. The lowest BCUT2D eigenvalue weighted by atomic mass is 9.99. The van der Waals surface area contributed by atoms with Gasteiger partial charge in [-0.2, -0.15) is 0 Å². The van der Waals surface area contributed by atoms with Crippen LogP contribution in [0.1, 0.15) is 127 Å². The third-order valence-electron chi connectivity index (χ3n) is 19.8. The van der Waals surface area contributed by atoms with Crippen molar-refractivity contribution in [2.24, 2.45) is 76.6 Å². The van der Waals surface area contributed by atoms with Gasteiger partial charge in [0.1, 0.15) is 97.1 Å². The van der Waals surface area contributed by atoms with Crippen LogP contribution < -0.4 is 5.73 Å². The molecule has 3 aliphatic rings. The Kier molecular flexibility index (Phi) is 36.3. The van der Waals surface area contributed by atoms with Gasteiger partial charge in [0.15, 0.2) is 11.9 Å². The van der Waals surface area contributed by atoms with Crippen LogP contribution >= 0.6 is 0 Å². The molecule has 2 saturated heterocycles. The Morgan fingerprint density at radius 1 is 0.488 bits per heavy atom. The van der Waals surface area contributed by atoms with Crippen molar-refractivity contribution in [1.29, 1.82) is 5.41 Å². The van der Waals surface area contributed by atoms with Gasteiger partial charge in [-0.15, -0.1) is 0 Å². The first kappa shape index (κ1) is 95.0. The minimum absolute atomic E-state index is 0.000134. The van der Waals surface area contributed by atoms with Crippen molar-refractivity contribution in [3.8, 4) is 11.5 Å². The number of H-pyrrole nitrogens is 1. The van der Waals surface area contributed by atoms with E-state index >= 15 is 4.79 Å². The predicted octanol–water partition coefficient (Wildman–Crippen LogP) is 6.42. The summed E-state index contributed by atoms with van der Waals surface area (Å²) in [5, 5.41) is 222. The second-order valence-corrected chi connectivity index (χ2v) is 29.2. The van der Waals surface area contributed by atoms with Crippen LogP contribution in [0.25, 0.3) is 0 Å². The largest absolute Gasteiger partial charge is 0.508 e. The molecule has 1 aromatic heterocycles. The number of carboxylic acids is 2. The molecule has 4 aromatic rings. The fourth-order valence-corrected chi connectivity index (χ4v) is 13.1. The maximum atomic E-state index is 15.2. The maximum absolute atomic E-state index is 15.2. The van der Waals surface area contributed by atoms with Gasteiger partial charge in [0.25, 0.3) is 0 Å². The summed E-state index contributed by atoms with van der Waals surface area (Å²) in [4.78, 5) is 119. The lowest BCUT2D eigenvalue weighted by molar-refractivity contribution is -0.142. The number of aromatic hydroxyl groups is 2. The van der Waals surface area contributed by atoms with Crippen LogP contribution in [0.5, 0.6) is 11.5 Å². The van der Waals surface area contributed by atoms with Gasteiger partial charge in [0.2, 0.25) is 88.5 Å². The number of phenols is 2. The molecule has 2 amide bonds. The standard InChI is InChI=1S/C79H107N19O23/c1-5-41(2)65-76(118)83-39-62(104)88-52(32-45-18-22-48(100)23-19-45)71(113)91-55(35-63(105)106)72(114)89-51(26-27-60(81)102)69(111)94-57(36-64(107)108)79(121)98-30-12-17-59(98)75(117)96-66(43(4)99)77(119)84-38-61(103)87-50(15-9-10-28-80)68(110)93-56(33-46-20-24-49(101)25-21-46)78(120)97-29-11-16-58(97)74(116)92-54(34-47-37-82-40-85-47)70(112)86-42(3)67(109)90-53(73(115)95-65)31-44-13-7-6-8-14-44/h6-8,13-14,18-25,37,40-43,50-59,65-66,99-101H,5,9-12,15-17,26-36,38-39,80H2,1-4H3,(H2,81,102)(H,82,85)(H,83,118)(H,84,119)(H,86,112)(H,87,103)(H,88,104)(H,89,114)(H,90,109)(H,91,113)(H,92,116)(H,93,110)(H,94,111)(H,95,115)(H,96,117)(H,105,106)(H,107,108)/t41-,42-,43+,50-,51-,52-,53-,54-,55-,56-,57-,58-,59-,65-,66-/m0/s1. The first-order chi connectivity index (χ1) is 57.5. The van der Waals surface area contributed by atoms with Crippen molar-refractivity contribution in [2.75, 3.05) is 32.7 Å². The Balaban J connectivity index is 1.40. The van der Waals surface area contributed by atoms with E-state index in [0.717, 1.165) is 11.8 Å². The van der Waals surface area contributed by atoms with Crippen LogP contribution in [0.3, 0.4) is 0 Å². The van der Waals surface area contributed by atoms with Crippen molar-refractivity contribution in [2.45, 2.75) is 215 Å². The zero-order valence-electron chi connectivity index (χ0n) is 67.0. The number of carboxylic acid groups (broad SMARTS) is 2. The molecular weight excluding hydrogens is 1580 g/mol. The van der Waals surface area contributed by atoms with Crippen molar-refractivity contribution in [1.82, 2.24) is 19.8 Å². The van der Waals surface area contributed by atoms with Gasteiger partial charge in [-0.05, 0) is 119 Å². The Hall–Kier alpha value is -13.2. The summed E-state index contributed by atoms with van der Waals surface area (Å²) in [5.41, 5.74) is 7.51. The number of carbonyl (C=O) groups excluding carboxylic acids is 2. The summed E-state index contributed by atoms with van der Waals surface area (Å²) in [6.45, 7) is 3.99. The second-order valence-electron chi connectivity index (χ2n) is 29.2. The minimum atomic E-state index is -2.13. The van der Waals surface area contributed by atoms with Crippen LogP contribution in [-0.4, -0.2) is 340 Å². The van der Waals surface area contributed by atoms with Gasteiger partial charge >= 0.3 is 11.9 Å². The Morgan fingerprint density at radius 3 is 1.44 bits per heavy atom. The Bertz CT molecular complexity index is 4570. The predicted molar refractivity (Wildman–Crippen MR) is 452 cm³/mol. The number of benzene rings is 3. The van der Waals surface area contributed by atoms with Crippen molar-refractivity contribution >= 4 is 106 Å². The molecule has 15 atom stereocenters. The summed E-state index contributed by atoms with van der Waals surface area (Å²) >= 11 is 0. The number of nitrogens with zero attached hydrogens (tertiary/aromatic N) is 16. The van der Waals surface area contributed by atoms with Crippen LogP contribution in [0.15, 0.2) is 156 Å². The zero-order valence-corrected chi connectivity index (χ0v) is 67.0. The topological polar surface area (TPSA) is 698 Å². The highest BCUT2D eigenvalue weighted by Gasteiger charge is 2.41. The summed E-state index contributed by atoms with van der Waals surface area (Å²) in [7, 11) is 0. The van der Waals surface area contributed by atoms with Crippen LogP contribution in [0.4, 0.5) is 0 Å². The number of amides is 2. The number of aliphatic hydroxyl groups excluding tert-OH is 15. The smallest absolute Gasteiger partial charge is 0.306 e. The highest BCUT2D eigenvalue weighted by Crippen LogP contribution is 2.27. The molecule has 42 heteroatoms. The van der Waals surface area contributed by atoms with Gasteiger partial charge in [-0.3, -0.25) is 24.6 Å². The molecule has 4 heterocycles. The molecule has 0 bridgehead atoms. The molecule has 0 spiro atoms. The monoisotopic (exact) mass is 1690 g/mol. The van der Waals surface area contributed by atoms with E-state index in [-0.39, 0.29) is 95.3 Å². The highest BCUT2D eigenvalue weighted by atomic mass is 16.4. The number of rotatable bonds is 22. The van der Waals surface area contributed by atoms with E-state index in [1.165, 1.54) is 72.9 Å². The summed E-state index contributed by atoms with van der Waals surface area (Å²) in [5.74, 6) is -19.3. The number of aliphatic imine (C=N–C) groups is 13. The normalized spacial score (nSPS) is 25.1. The molecule has 7 rings (SSSR count). The number of unbranched alkanes of at least 4 members (excludes halogenated alkanes) is 1. The summed E-state index contributed by atoms with van der Waals surface area (Å²) in [6, 6.07) is -1.79. The van der Waals surface area contributed by atoms with E-state index < -0.39 is 242 Å². The third-order valence-corrected chi connectivity index (χ3v) is 19.8. The SMILES string of the molecule is CC[C@H](C)[C@@H]1N=C(O)[C@H](Cc2ccccc2)N=C(O)[C@H](C)N=C(O)[C@H](Cc2cnc[nH]2)N=C(O)[C@@H]2CCCN2C(=O)[C@H](Cc2ccc(O)cc2)N=C(O)[C@H](CCCCN)N=C(O)CN=C(O)[C@H]([C@@H](C)O)N=C(O)[C@@H]2CCCN2C(=O)[C@H](CC(=O)O)N=C(O)[C@H](CCC(=N)O)N=C(O)[C@H](CC(=O)O)N=C(O)[C@H](Cc2ccc(O)cc2)N=C(O)CN=C1O. The summed E-state index contributed by atoms with van der Waals surface area (Å²) in [6.07, 6.45) is -2.43. The van der Waals surface area contributed by atoms with Crippen molar-refractivity contribution in [3.05, 3.63) is 114 Å². The molecule has 0 aliphatic carbocycles. The molecule has 0 unspecified atom stereocenters. The van der Waals surface area contributed by atoms with E-state index in [9.17, 15) is 111 Å². The van der Waals surface area contributed by atoms with Gasteiger partial charge in [-0.25, -0.2) is 69.9 Å². The van der Waals surface area contributed by atoms with E-state index in [4.69, 9.17) is 11.1 Å². The van der Waals surface area contributed by atoms with Crippen molar-refractivity contribution in [3.63, 3.8) is 0 Å². The number of phenolic OH excluding ortho intramolecular Hbond substituents is 2. The maximum Gasteiger partial charge on any atom is 0.306 e.